The van der Waals surface area contributed by atoms with Crippen LogP contribution in [0.4, 0.5) is 23.0 Å². The highest BCUT2D eigenvalue weighted by Gasteiger charge is 2.26. The number of rotatable bonds is 10. The van der Waals surface area contributed by atoms with Gasteiger partial charge in [-0.05, 0) is 11.1 Å². The summed E-state index contributed by atoms with van der Waals surface area (Å²) < 4.78 is 21.5. The number of methoxy groups -OCH3 is 4. The van der Waals surface area contributed by atoms with Crippen molar-refractivity contribution in [2.24, 2.45) is 0 Å². The van der Waals surface area contributed by atoms with Crippen molar-refractivity contribution in [3.05, 3.63) is 121 Å². The predicted molar refractivity (Wildman–Crippen MR) is 243 cm³/mol. The number of carboxylic acids is 1. The van der Waals surface area contributed by atoms with E-state index < -0.39 is 5.97 Å². The number of carboxylic acid groups (broad SMARTS) is 1. The van der Waals surface area contributed by atoms with Crippen LogP contribution < -0.4 is 45.5 Å². The Morgan fingerprint density at radius 1 is 0.556 bits per heavy atom. The van der Waals surface area contributed by atoms with Gasteiger partial charge in [-0.15, -0.1) is 0 Å². The van der Waals surface area contributed by atoms with Crippen LogP contribution in [0.1, 0.15) is 21.0 Å². The highest BCUT2D eigenvalue weighted by molar-refractivity contribution is 5.93. The van der Waals surface area contributed by atoms with E-state index >= 15 is 0 Å². The lowest BCUT2D eigenvalue weighted by atomic mass is 10.1. The number of nitrogens with one attached hydrogen (secondary N) is 1. The second-order valence-corrected chi connectivity index (χ2v) is 14.2. The van der Waals surface area contributed by atoms with Gasteiger partial charge in [0.25, 0.3) is 5.91 Å². The van der Waals surface area contributed by atoms with Crippen molar-refractivity contribution < 1.29 is 33.6 Å². The van der Waals surface area contributed by atoms with E-state index in [1.165, 1.54) is 19.4 Å². The Labute approximate surface area is 366 Å². The highest BCUT2D eigenvalue weighted by Crippen LogP contribution is 2.33. The van der Waals surface area contributed by atoms with Gasteiger partial charge in [0, 0.05) is 100 Å². The Kier molecular flexibility index (Phi) is 15.5. The molecule has 63 heavy (non-hydrogen) atoms. The van der Waals surface area contributed by atoms with E-state index in [0.29, 0.717) is 60.8 Å². The summed E-state index contributed by atoms with van der Waals surface area (Å²) in [6.45, 7) is 6.39. The number of nitrogens with zero attached hydrogens (tertiary/aromatic N) is 7. The normalized spacial score (nSPS) is 13.4. The average molecular weight is 857 g/mol. The third kappa shape index (κ3) is 11.4. The second-order valence-electron chi connectivity index (χ2n) is 14.2. The average Bonchev–Trinajstić information content (AvgIpc) is 3.34. The number of aromatic carboxylic acids is 1. The molecule has 2 aliphatic heterocycles. The minimum atomic E-state index is -1.07. The summed E-state index contributed by atoms with van der Waals surface area (Å²) in [4.78, 5) is 46.6. The maximum absolute atomic E-state index is 13.1. The molecule has 2 saturated heterocycles. The number of hydrogen-bond donors (Lipinski definition) is 4. The largest absolute Gasteiger partial charge is 0.496 e. The standard InChI is InChI=1S/C23H25N5O3.C13H11NO3.C10H16N4O/c1-30-20-12-18(25-14-17(20)16-6-4-3-5-7-16)23(29)28-10-8-27(9-11-28)19-15-26-22(24)13-21(19)31-2;1-17-12-7-11(13(15)16)14-8-10(12)9-5-3-2-4-6-9;1-15-9-6-10(11)13-7-8(9)14-4-2-12-3-5-14/h3-7,12-15H,8-11H2,1-2H3,(H2,24,26);2-8H,1H3,(H,15,16);6-7,12H,2-5H2,1H3,(H2,11,13). The third-order valence-electron chi connectivity index (χ3n) is 10.3. The van der Waals surface area contributed by atoms with E-state index in [2.05, 4.69) is 35.1 Å². The fraction of sp³-hybridized carbons (Fsp3) is 0.261. The maximum Gasteiger partial charge on any atom is 0.354 e. The minimum absolute atomic E-state index is 0.0264. The zero-order chi connectivity index (χ0) is 44.7. The molecule has 8 rings (SSSR count). The van der Waals surface area contributed by atoms with Crippen molar-refractivity contribution in [1.29, 1.82) is 0 Å². The molecule has 2 aromatic carbocycles. The maximum atomic E-state index is 13.1. The second kappa shape index (κ2) is 21.7. The first-order valence-corrected chi connectivity index (χ1v) is 20.1. The lowest BCUT2D eigenvalue weighted by Gasteiger charge is -2.36. The molecule has 17 heteroatoms. The zero-order valence-electron chi connectivity index (χ0n) is 35.7. The molecular weight excluding hydrogens is 805 g/mol. The summed E-state index contributed by atoms with van der Waals surface area (Å²) >= 11 is 0. The Hall–Kier alpha value is -7.66. The van der Waals surface area contributed by atoms with Gasteiger partial charge >= 0.3 is 5.97 Å². The zero-order valence-corrected chi connectivity index (χ0v) is 35.7. The van der Waals surface area contributed by atoms with Crippen LogP contribution in [0, 0.1) is 0 Å². The number of benzene rings is 2. The number of pyridine rings is 4. The van der Waals surface area contributed by atoms with E-state index in [-0.39, 0.29) is 11.6 Å². The third-order valence-corrected chi connectivity index (χ3v) is 10.3. The molecule has 6 N–H and O–H groups in total. The van der Waals surface area contributed by atoms with E-state index in [1.54, 1.807) is 63.0 Å². The molecule has 1 amide bonds. The Balaban J connectivity index is 0.000000174. The van der Waals surface area contributed by atoms with Crippen molar-refractivity contribution >= 4 is 34.9 Å². The summed E-state index contributed by atoms with van der Waals surface area (Å²) in [5.41, 5.74) is 17.2. The molecule has 4 aromatic heterocycles. The van der Waals surface area contributed by atoms with Gasteiger partial charge in [0.15, 0.2) is 5.69 Å². The van der Waals surface area contributed by atoms with Crippen LogP contribution in [0.5, 0.6) is 23.0 Å². The minimum Gasteiger partial charge on any atom is -0.496 e. The molecule has 0 radical (unpaired) electrons. The van der Waals surface area contributed by atoms with E-state index in [1.807, 2.05) is 60.7 Å². The van der Waals surface area contributed by atoms with Crippen LogP contribution in [0.3, 0.4) is 0 Å². The fourth-order valence-corrected chi connectivity index (χ4v) is 7.02. The van der Waals surface area contributed by atoms with Crippen molar-refractivity contribution in [1.82, 2.24) is 30.2 Å². The summed E-state index contributed by atoms with van der Waals surface area (Å²) in [6.07, 6.45) is 6.69. The SMILES string of the molecule is COc1cc(C(=O)N2CCN(c3cnc(N)cc3OC)CC2)ncc1-c1ccccc1.COc1cc(C(=O)O)ncc1-c1ccccc1.COc1cc(N)ncc1N1CCNCC1. The van der Waals surface area contributed by atoms with Crippen LogP contribution in [-0.2, 0) is 0 Å². The van der Waals surface area contributed by atoms with Crippen molar-refractivity contribution in [2.75, 3.05) is 102 Å². The highest BCUT2D eigenvalue weighted by atomic mass is 16.5. The van der Waals surface area contributed by atoms with Crippen LogP contribution in [-0.4, -0.2) is 123 Å². The van der Waals surface area contributed by atoms with Gasteiger partial charge in [0.1, 0.15) is 40.3 Å². The number of nitrogens with two attached hydrogens (primary N) is 2. The van der Waals surface area contributed by atoms with Gasteiger partial charge in [-0.2, -0.15) is 0 Å². The lowest BCUT2D eigenvalue weighted by Crippen LogP contribution is -2.49. The van der Waals surface area contributed by atoms with Crippen LogP contribution in [0.15, 0.2) is 110 Å². The van der Waals surface area contributed by atoms with Crippen LogP contribution >= 0.6 is 0 Å². The first-order chi connectivity index (χ1) is 30.6. The molecule has 0 saturated carbocycles. The number of piperazine rings is 2. The molecule has 6 heterocycles. The number of hydrogen-bond acceptors (Lipinski definition) is 15. The summed E-state index contributed by atoms with van der Waals surface area (Å²) in [6, 6.07) is 26.0. The van der Waals surface area contributed by atoms with Crippen molar-refractivity contribution in [2.45, 2.75) is 0 Å². The van der Waals surface area contributed by atoms with Gasteiger partial charge in [0.05, 0.1) is 52.2 Å². The first kappa shape index (κ1) is 44.9. The lowest BCUT2D eigenvalue weighted by molar-refractivity contribution is 0.0688. The Bertz CT molecular complexity index is 2450. The van der Waals surface area contributed by atoms with Gasteiger partial charge in [-0.1, -0.05) is 60.7 Å². The number of nitrogen functional groups attached to an aromatic ring is 2. The molecule has 17 nitrogen and oxygen atoms in total. The molecule has 0 aliphatic carbocycles. The molecule has 2 aliphatic rings. The van der Waals surface area contributed by atoms with E-state index in [4.69, 9.17) is 35.5 Å². The fourth-order valence-electron chi connectivity index (χ4n) is 7.02. The molecule has 2 fully saturated rings. The number of anilines is 4. The molecule has 0 bridgehead atoms. The number of carbonyl (C=O) groups is 2. The number of carbonyl (C=O) groups excluding carboxylic acids is 1. The molecule has 0 unspecified atom stereocenters. The van der Waals surface area contributed by atoms with Gasteiger partial charge in [0.2, 0.25) is 0 Å². The topological polar surface area (TPSA) is 217 Å². The smallest absolute Gasteiger partial charge is 0.354 e. The molecule has 6 aromatic rings. The van der Waals surface area contributed by atoms with Gasteiger partial charge < -0.3 is 55.5 Å². The summed E-state index contributed by atoms with van der Waals surface area (Å²) in [5.74, 6) is 2.33. The Morgan fingerprint density at radius 2 is 0.984 bits per heavy atom. The monoisotopic (exact) mass is 856 g/mol. The van der Waals surface area contributed by atoms with Crippen LogP contribution in [0.25, 0.3) is 22.3 Å². The quantitative estimate of drug-likeness (QED) is 0.139. The molecule has 0 atom stereocenters. The predicted octanol–water partition coefficient (Wildman–Crippen LogP) is 5.24. The number of amides is 1. The summed E-state index contributed by atoms with van der Waals surface area (Å²) in [5, 5.41) is 12.2. The first-order valence-electron chi connectivity index (χ1n) is 20.1. The van der Waals surface area contributed by atoms with Crippen molar-refractivity contribution in [3.63, 3.8) is 0 Å². The summed E-state index contributed by atoms with van der Waals surface area (Å²) in [7, 11) is 6.37. The molecular formula is C46H52N10O7. The van der Waals surface area contributed by atoms with Gasteiger partial charge in [-0.3, -0.25) is 9.78 Å². The Morgan fingerprint density at radius 3 is 1.43 bits per heavy atom. The molecule has 0 spiro atoms. The van der Waals surface area contributed by atoms with Gasteiger partial charge in [-0.25, -0.2) is 19.7 Å². The molecule has 328 valence electrons. The van der Waals surface area contributed by atoms with E-state index in [0.717, 1.165) is 65.6 Å². The number of ether oxygens (including phenoxy) is 4. The van der Waals surface area contributed by atoms with E-state index in [9.17, 15) is 9.59 Å². The number of aromatic nitrogens is 4. The van der Waals surface area contributed by atoms with Crippen LogP contribution in [0.2, 0.25) is 0 Å². The van der Waals surface area contributed by atoms with Crippen molar-refractivity contribution in [3.8, 4) is 45.3 Å².